The highest BCUT2D eigenvalue weighted by Crippen LogP contribution is 2.72. The molecular formula is C21H34O4. The van der Waals surface area contributed by atoms with Gasteiger partial charge in [0, 0.05) is 6.61 Å². The van der Waals surface area contributed by atoms with Crippen LogP contribution in [0.3, 0.4) is 0 Å². The SMILES string of the molecule is COC(=O)[C@]1(C)CCC[C@]2(C)C1CC[C@@]13C[C@@H](C[C@H](O)[C@H]12)[C@@H](CO)C3. The standard InChI is InChI=1S/C21H34O4/c1-19-6-4-7-20(2,18(24)25-3)16(19)5-8-21-10-13(14(11-21)12-22)9-15(23)17(19)21/h13-17,22-23H,4-12H2,1-3H3/t13-,14-,15+,16?,17+,19-,20-,21+/m1/s1. The molecule has 2 bridgehead atoms. The summed E-state index contributed by atoms with van der Waals surface area (Å²) >= 11 is 0. The fourth-order valence-electron chi connectivity index (χ4n) is 8.40. The summed E-state index contributed by atoms with van der Waals surface area (Å²) < 4.78 is 5.21. The van der Waals surface area contributed by atoms with Gasteiger partial charge in [-0.05, 0) is 86.4 Å². The number of hydrogen-bond donors (Lipinski definition) is 2. The van der Waals surface area contributed by atoms with Crippen LogP contribution in [0.15, 0.2) is 0 Å². The third-order valence-corrected chi connectivity index (χ3v) is 9.10. The zero-order valence-corrected chi connectivity index (χ0v) is 16.0. The van der Waals surface area contributed by atoms with Crippen LogP contribution in [0.4, 0.5) is 0 Å². The van der Waals surface area contributed by atoms with E-state index in [0.717, 1.165) is 51.4 Å². The minimum atomic E-state index is -0.422. The number of aliphatic hydroxyl groups is 2. The van der Waals surface area contributed by atoms with Crippen LogP contribution in [0.2, 0.25) is 0 Å². The molecule has 4 aliphatic carbocycles. The molecule has 0 amide bonds. The first-order valence-corrected chi connectivity index (χ1v) is 10.2. The predicted octanol–water partition coefficient (Wildman–Crippen LogP) is 3.15. The molecule has 142 valence electrons. The Kier molecular flexibility index (Phi) is 4.05. The molecule has 25 heavy (non-hydrogen) atoms. The average molecular weight is 350 g/mol. The Labute approximate surface area is 151 Å². The van der Waals surface area contributed by atoms with E-state index in [0.29, 0.717) is 11.8 Å². The maximum Gasteiger partial charge on any atom is 0.311 e. The number of methoxy groups -OCH3 is 1. The summed E-state index contributed by atoms with van der Waals surface area (Å²) in [5.41, 5.74) is -0.252. The minimum Gasteiger partial charge on any atom is -0.469 e. The lowest BCUT2D eigenvalue weighted by atomic mass is 9.40. The zero-order chi connectivity index (χ0) is 18.0. The molecule has 0 heterocycles. The van der Waals surface area contributed by atoms with Crippen LogP contribution < -0.4 is 0 Å². The Hall–Kier alpha value is -0.610. The van der Waals surface area contributed by atoms with Gasteiger partial charge in [-0.3, -0.25) is 4.79 Å². The first-order chi connectivity index (χ1) is 11.8. The lowest BCUT2D eigenvalue weighted by Crippen LogP contribution is -2.61. The Morgan fingerprint density at radius 2 is 1.96 bits per heavy atom. The van der Waals surface area contributed by atoms with Crippen molar-refractivity contribution in [2.75, 3.05) is 13.7 Å². The highest BCUT2D eigenvalue weighted by Gasteiger charge is 2.68. The van der Waals surface area contributed by atoms with Gasteiger partial charge in [-0.1, -0.05) is 13.3 Å². The largest absolute Gasteiger partial charge is 0.469 e. The summed E-state index contributed by atoms with van der Waals surface area (Å²) in [7, 11) is 1.51. The molecule has 0 radical (unpaired) electrons. The lowest BCUT2D eigenvalue weighted by Gasteiger charge is -2.64. The molecule has 4 fully saturated rings. The molecular weight excluding hydrogens is 316 g/mol. The number of fused-ring (bicyclic) bond motifs is 3. The average Bonchev–Trinajstić information content (AvgIpc) is 2.84. The summed E-state index contributed by atoms with van der Waals surface area (Å²) in [4.78, 5) is 12.7. The van der Waals surface area contributed by atoms with Crippen molar-refractivity contribution < 1.29 is 19.7 Å². The molecule has 0 aliphatic heterocycles. The summed E-state index contributed by atoms with van der Waals surface area (Å²) in [6.07, 6.45) is 7.94. The molecule has 4 aliphatic rings. The molecule has 4 nitrogen and oxygen atoms in total. The van der Waals surface area contributed by atoms with Crippen molar-refractivity contribution in [1.82, 2.24) is 0 Å². The van der Waals surface area contributed by atoms with Gasteiger partial charge in [0.15, 0.2) is 0 Å². The van der Waals surface area contributed by atoms with E-state index in [9.17, 15) is 15.0 Å². The highest BCUT2D eigenvalue weighted by atomic mass is 16.5. The number of esters is 1. The van der Waals surface area contributed by atoms with E-state index in [1.54, 1.807) is 0 Å². The van der Waals surface area contributed by atoms with Gasteiger partial charge in [0.2, 0.25) is 0 Å². The van der Waals surface area contributed by atoms with Crippen molar-refractivity contribution in [1.29, 1.82) is 0 Å². The van der Waals surface area contributed by atoms with E-state index < -0.39 is 5.41 Å². The lowest BCUT2D eigenvalue weighted by molar-refractivity contribution is -0.201. The fraction of sp³-hybridized carbons (Fsp3) is 0.952. The topological polar surface area (TPSA) is 66.8 Å². The Morgan fingerprint density at radius 3 is 2.64 bits per heavy atom. The zero-order valence-electron chi connectivity index (χ0n) is 16.0. The second-order valence-electron chi connectivity index (χ2n) is 10.1. The second kappa shape index (κ2) is 5.69. The number of rotatable bonds is 2. The van der Waals surface area contributed by atoms with E-state index in [-0.39, 0.29) is 41.3 Å². The van der Waals surface area contributed by atoms with Crippen molar-refractivity contribution in [3.63, 3.8) is 0 Å². The molecule has 0 saturated heterocycles. The van der Waals surface area contributed by atoms with E-state index in [4.69, 9.17) is 4.74 Å². The van der Waals surface area contributed by atoms with Crippen molar-refractivity contribution >= 4 is 5.97 Å². The first-order valence-electron chi connectivity index (χ1n) is 10.2. The maximum atomic E-state index is 12.7. The first kappa shape index (κ1) is 17.8. The summed E-state index contributed by atoms with van der Waals surface area (Å²) in [5, 5.41) is 21.0. The third-order valence-electron chi connectivity index (χ3n) is 9.10. The van der Waals surface area contributed by atoms with Crippen LogP contribution >= 0.6 is 0 Å². The number of aliphatic hydroxyl groups excluding tert-OH is 2. The molecule has 4 heteroatoms. The molecule has 0 aromatic heterocycles. The monoisotopic (exact) mass is 350 g/mol. The molecule has 0 aromatic rings. The normalized spacial score (nSPS) is 54.5. The van der Waals surface area contributed by atoms with Crippen LogP contribution in [0.5, 0.6) is 0 Å². The Balaban J connectivity index is 1.74. The third kappa shape index (κ3) is 2.22. The highest BCUT2D eigenvalue weighted by molar-refractivity contribution is 5.77. The Bertz CT molecular complexity index is 562. The van der Waals surface area contributed by atoms with Gasteiger partial charge < -0.3 is 14.9 Å². The van der Waals surface area contributed by atoms with Crippen LogP contribution in [0.25, 0.3) is 0 Å². The van der Waals surface area contributed by atoms with Crippen LogP contribution in [0, 0.1) is 39.9 Å². The Morgan fingerprint density at radius 1 is 1.20 bits per heavy atom. The smallest absolute Gasteiger partial charge is 0.311 e. The van der Waals surface area contributed by atoms with E-state index in [1.165, 1.54) is 7.11 Å². The molecule has 2 N–H and O–H groups in total. The summed E-state index contributed by atoms with van der Waals surface area (Å²) in [6, 6.07) is 0. The van der Waals surface area contributed by atoms with Crippen LogP contribution in [0.1, 0.15) is 65.2 Å². The summed E-state index contributed by atoms with van der Waals surface area (Å²) in [6.45, 7) is 4.70. The maximum absolute atomic E-state index is 12.7. The fourth-order valence-corrected chi connectivity index (χ4v) is 8.40. The van der Waals surface area contributed by atoms with Gasteiger partial charge in [-0.2, -0.15) is 0 Å². The number of carbonyl (C=O) groups is 1. The summed E-state index contributed by atoms with van der Waals surface area (Å²) in [5.74, 6) is 1.32. The van der Waals surface area contributed by atoms with Gasteiger partial charge >= 0.3 is 5.97 Å². The molecule has 1 spiro atoms. The van der Waals surface area contributed by atoms with Crippen molar-refractivity contribution in [2.24, 2.45) is 39.9 Å². The molecule has 4 rings (SSSR count). The number of ether oxygens (including phenoxy) is 1. The van der Waals surface area contributed by atoms with Gasteiger partial charge in [0.25, 0.3) is 0 Å². The second-order valence-corrected chi connectivity index (χ2v) is 10.1. The predicted molar refractivity (Wildman–Crippen MR) is 94.7 cm³/mol. The van der Waals surface area contributed by atoms with Crippen molar-refractivity contribution in [3.05, 3.63) is 0 Å². The van der Waals surface area contributed by atoms with Gasteiger partial charge in [0.1, 0.15) is 0 Å². The van der Waals surface area contributed by atoms with Crippen LogP contribution in [-0.2, 0) is 9.53 Å². The molecule has 1 unspecified atom stereocenters. The van der Waals surface area contributed by atoms with Crippen LogP contribution in [-0.4, -0.2) is 36.0 Å². The van der Waals surface area contributed by atoms with E-state index in [2.05, 4.69) is 13.8 Å². The molecule has 8 atom stereocenters. The van der Waals surface area contributed by atoms with Gasteiger partial charge in [-0.15, -0.1) is 0 Å². The molecule has 4 saturated carbocycles. The minimum absolute atomic E-state index is 0.00578. The quantitative estimate of drug-likeness (QED) is 0.751. The van der Waals surface area contributed by atoms with E-state index >= 15 is 0 Å². The number of hydrogen-bond acceptors (Lipinski definition) is 4. The van der Waals surface area contributed by atoms with Crippen molar-refractivity contribution in [2.45, 2.75) is 71.3 Å². The van der Waals surface area contributed by atoms with Crippen molar-refractivity contribution in [3.8, 4) is 0 Å². The van der Waals surface area contributed by atoms with Gasteiger partial charge in [0.05, 0.1) is 18.6 Å². The van der Waals surface area contributed by atoms with Gasteiger partial charge in [-0.25, -0.2) is 0 Å². The van der Waals surface area contributed by atoms with E-state index in [1.807, 2.05) is 0 Å². The number of carbonyl (C=O) groups excluding carboxylic acids is 1. The molecule has 0 aromatic carbocycles.